The van der Waals surface area contributed by atoms with E-state index in [4.69, 9.17) is 0 Å². The second kappa shape index (κ2) is 6.90. The summed E-state index contributed by atoms with van der Waals surface area (Å²) in [7, 11) is 0. The number of rotatable bonds is 8. The molecule has 1 saturated carbocycles. The zero-order valence-electron chi connectivity index (χ0n) is 7.82. The van der Waals surface area contributed by atoms with Crippen molar-refractivity contribution in [2.24, 2.45) is 5.92 Å². The van der Waals surface area contributed by atoms with Crippen LogP contribution in [0.15, 0.2) is 0 Å². The Morgan fingerprint density at radius 1 is 1.08 bits per heavy atom. The number of unbranched alkanes of at least 4 members (excludes halogenated alkanes) is 3. The molecule has 0 saturated heterocycles. The summed E-state index contributed by atoms with van der Waals surface area (Å²) in [6, 6.07) is 0. The van der Waals surface area contributed by atoms with Crippen LogP contribution in [0.5, 0.6) is 0 Å². The number of halogens is 1. The Morgan fingerprint density at radius 3 is 2.50 bits per heavy atom. The van der Waals surface area contributed by atoms with Crippen LogP contribution in [0.25, 0.3) is 0 Å². The van der Waals surface area contributed by atoms with Gasteiger partial charge in [-0.2, -0.15) is 0 Å². The van der Waals surface area contributed by atoms with Crippen LogP contribution < -0.4 is 5.32 Å². The van der Waals surface area contributed by atoms with Crippen LogP contribution in [0.4, 0.5) is 0 Å². The van der Waals surface area contributed by atoms with Crippen LogP contribution in [0.1, 0.15) is 38.5 Å². The van der Waals surface area contributed by atoms with E-state index in [0.717, 1.165) is 5.92 Å². The van der Waals surface area contributed by atoms with Crippen LogP contribution >= 0.6 is 15.9 Å². The molecule has 1 aliphatic rings. The van der Waals surface area contributed by atoms with E-state index in [2.05, 4.69) is 21.2 Å². The number of hydrogen-bond acceptors (Lipinski definition) is 1. The third-order valence-electron chi connectivity index (χ3n) is 2.37. The maximum absolute atomic E-state index is 3.51. The highest BCUT2D eigenvalue weighted by atomic mass is 79.9. The Balaban J connectivity index is 1.65. The molecular formula is C10H20BrN. The highest BCUT2D eigenvalue weighted by molar-refractivity contribution is 9.09. The van der Waals surface area contributed by atoms with Gasteiger partial charge in [0.2, 0.25) is 0 Å². The van der Waals surface area contributed by atoms with Gasteiger partial charge in [0, 0.05) is 5.33 Å². The molecule has 2 heteroatoms. The van der Waals surface area contributed by atoms with Crippen LogP contribution in [0.3, 0.4) is 0 Å². The smallest absolute Gasteiger partial charge is 0.00313 e. The summed E-state index contributed by atoms with van der Waals surface area (Å²) in [6.07, 6.45) is 8.41. The molecule has 0 atom stereocenters. The van der Waals surface area contributed by atoms with E-state index in [1.165, 1.54) is 56.9 Å². The van der Waals surface area contributed by atoms with Crippen molar-refractivity contribution in [2.75, 3.05) is 18.4 Å². The zero-order chi connectivity index (χ0) is 8.65. The predicted molar refractivity (Wildman–Crippen MR) is 57.9 cm³/mol. The first-order chi connectivity index (χ1) is 5.93. The molecule has 0 aromatic rings. The van der Waals surface area contributed by atoms with Gasteiger partial charge in [0.1, 0.15) is 0 Å². The second-order valence-corrected chi connectivity index (χ2v) is 4.54. The summed E-state index contributed by atoms with van der Waals surface area (Å²) in [5.41, 5.74) is 0. The van der Waals surface area contributed by atoms with Crippen molar-refractivity contribution < 1.29 is 0 Å². The number of nitrogens with one attached hydrogen (secondary N) is 1. The van der Waals surface area contributed by atoms with E-state index in [1.54, 1.807) is 0 Å². The van der Waals surface area contributed by atoms with Crippen LogP contribution in [-0.4, -0.2) is 18.4 Å². The Kier molecular flexibility index (Phi) is 6.05. The van der Waals surface area contributed by atoms with Crippen molar-refractivity contribution in [3.63, 3.8) is 0 Å². The summed E-state index contributed by atoms with van der Waals surface area (Å²) in [5.74, 6) is 1.03. The number of alkyl halides is 1. The molecule has 0 radical (unpaired) electrons. The predicted octanol–water partition coefficient (Wildman–Crippen LogP) is 2.94. The van der Waals surface area contributed by atoms with Gasteiger partial charge in [-0.1, -0.05) is 28.8 Å². The lowest BCUT2D eigenvalue weighted by Gasteiger charge is -2.02. The molecule has 1 N–H and O–H groups in total. The maximum Gasteiger partial charge on any atom is 0.00313 e. The van der Waals surface area contributed by atoms with E-state index < -0.39 is 0 Å². The fourth-order valence-electron chi connectivity index (χ4n) is 1.33. The van der Waals surface area contributed by atoms with E-state index in [-0.39, 0.29) is 0 Å². The van der Waals surface area contributed by atoms with Crippen molar-refractivity contribution in [3.8, 4) is 0 Å². The number of hydrogen-bond donors (Lipinski definition) is 1. The van der Waals surface area contributed by atoms with Gasteiger partial charge in [-0.05, 0) is 44.7 Å². The largest absolute Gasteiger partial charge is 0.316 e. The van der Waals surface area contributed by atoms with Crippen LogP contribution in [-0.2, 0) is 0 Å². The lowest BCUT2D eigenvalue weighted by molar-refractivity contribution is 0.580. The first-order valence-corrected chi connectivity index (χ1v) is 6.32. The molecule has 72 valence electrons. The monoisotopic (exact) mass is 233 g/mol. The Morgan fingerprint density at radius 2 is 1.83 bits per heavy atom. The van der Waals surface area contributed by atoms with E-state index in [9.17, 15) is 0 Å². The fraction of sp³-hybridized carbons (Fsp3) is 1.00. The summed E-state index contributed by atoms with van der Waals surface area (Å²) in [5, 5.41) is 4.68. The Bertz CT molecular complexity index is 102. The van der Waals surface area contributed by atoms with Gasteiger partial charge in [0.25, 0.3) is 0 Å². The van der Waals surface area contributed by atoms with Gasteiger partial charge in [-0.3, -0.25) is 0 Å². The molecule has 0 heterocycles. The summed E-state index contributed by atoms with van der Waals surface area (Å²) in [4.78, 5) is 0. The molecule has 0 aromatic carbocycles. The van der Waals surface area contributed by atoms with Gasteiger partial charge < -0.3 is 5.32 Å². The van der Waals surface area contributed by atoms with E-state index in [0.29, 0.717) is 0 Å². The van der Waals surface area contributed by atoms with Crippen molar-refractivity contribution in [2.45, 2.75) is 38.5 Å². The van der Waals surface area contributed by atoms with E-state index >= 15 is 0 Å². The highest BCUT2D eigenvalue weighted by Gasteiger charge is 2.19. The average molecular weight is 234 g/mol. The molecule has 0 aromatic heterocycles. The Hall–Kier alpha value is 0.440. The highest BCUT2D eigenvalue weighted by Crippen LogP contribution is 2.27. The molecule has 0 unspecified atom stereocenters. The van der Waals surface area contributed by atoms with Gasteiger partial charge in [-0.25, -0.2) is 0 Å². The first kappa shape index (κ1) is 10.5. The fourth-order valence-corrected chi connectivity index (χ4v) is 1.72. The Labute approximate surface area is 84.4 Å². The van der Waals surface area contributed by atoms with Crippen molar-refractivity contribution in [3.05, 3.63) is 0 Å². The SMILES string of the molecule is BrCCCCCCNCC1CC1. The minimum atomic E-state index is 1.03. The van der Waals surface area contributed by atoms with Crippen molar-refractivity contribution in [1.82, 2.24) is 5.32 Å². The third kappa shape index (κ3) is 6.01. The molecule has 1 rings (SSSR count). The normalized spacial score (nSPS) is 16.8. The van der Waals surface area contributed by atoms with Gasteiger partial charge in [0.15, 0.2) is 0 Å². The topological polar surface area (TPSA) is 12.0 Å². The molecule has 0 amide bonds. The lowest BCUT2D eigenvalue weighted by Crippen LogP contribution is -2.17. The molecule has 0 bridgehead atoms. The van der Waals surface area contributed by atoms with Gasteiger partial charge in [0.05, 0.1) is 0 Å². The summed E-state index contributed by atoms with van der Waals surface area (Å²) < 4.78 is 0. The van der Waals surface area contributed by atoms with Gasteiger partial charge >= 0.3 is 0 Å². The quantitative estimate of drug-likeness (QED) is 0.503. The molecule has 0 aliphatic heterocycles. The summed E-state index contributed by atoms with van der Waals surface area (Å²) in [6.45, 7) is 2.51. The third-order valence-corrected chi connectivity index (χ3v) is 2.93. The molecular weight excluding hydrogens is 214 g/mol. The second-order valence-electron chi connectivity index (χ2n) is 3.75. The lowest BCUT2D eigenvalue weighted by atomic mass is 10.2. The standard InChI is InChI=1S/C10H20BrN/c11-7-3-1-2-4-8-12-9-10-5-6-10/h10,12H,1-9H2. The summed E-state index contributed by atoms with van der Waals surface area (Å²) >= 11 is 3.44. The van der Waals surface area contributed by atoms with Crippen molar-refractivity contribution >= 4 is 15.9 Å². The van der Waals surface area contributed by atoms with Crippen LogP contribution in [0.2, 0.25) is 0 Å². The first-order valence-electron chi connectivity index (χ1n) is 5.20. The molecule has 1 fully saturated rings. The minimum Gasteiger partial charge on any atom is -0.316 e. The average Bonchev–Trinajstić information content (AvgIpc) is 2.87. The zero-order valence-corrected chi connectivity index (χ0v) is 9.41. The molecule has 12 heavy (non-hydrogen) atoms. The molecule has 1 aliphatic carbocycles. The van der Waals surface area contributed by atoms with Crippen molar-refractivity contribution in [1.29, 1.82) is 0 Å². The van der Waals surface area contributed by atoms with Gasteiger partial charge in [-0.15, -0.1) is 0 Å². The molecule has 0 spiro atoms. The maximum atomic E-state index is 3.51. The molecule has 1 nitrogen and oxygen atoms in total. The minimum absolute atomic E-state index is 1.03. The van der Waals surface area contributed by atoms with Crippen LogP contribution in [0, 0.1) is 5.92 Å². The van der Waals surface area contributed by atoms with E-state index in [1.807, 2.05) is 0 Å².